The van der Waals surface area contributed by atoms with Gasteiger partial charge in [0.15, 0.2) is 0 Å². The first-order valence-corrected chi connectivity index (χ1v) is 8.43. The maximum atomic E-state index is 12.1. The number of urea groups is 1. The Morgan fingerprint density at radius 1 is 1.08 bits per heavy atom. The minimum Gasteiger partial charge on any atom is -0.378 e. The molecule has 0 fully saturated rings. The Labute approximate surface area is 148 Å². The predicted octanol–water partition coefficient (Wildman–Crippen LogP) is 4.36. The lowest BCUT2D eigenvalue weighted by Crippen LogP contribution is -2.37. The number of nitrogens with one attached hydrogen (secondary N) is 2. The molecule has 0 aromatic heterocycles. The van der Waals surface area contributed by atoms with Gasteiger partial charge in [-0.2, -0.15) is 0 Å². The number of hydrogen-bond acceptors (Lipinski definition) is 2. The second kappa shape index (κ2) is 8.60. The quantitative estimate of drug-likeness (QED) is 0.817. The second-order valence-electron chi connectivity index (χ2n) is 5.90. The summed E-state index contributed by atoms with van der Waals surface area (Å²) in [5.41, 5.74) is 3.25. The van der Waals surface area contributed by atoms with Crippen LogP contribution in [0.4, 0.5) is 10.5 Å². The number of carbonyl (C=O) groups excluding carboxylic acids is 1. The topological polar surface area (TPSA) is 44.4 Å². The van der Waals surface area contributed by atoms with E-state index in [9.17, 15) is 4.79 Å². The zero-order chi connectivity index (χ0) is 17.5. The van der Waals surface area contributed by atoms with Crippen LogP contribution in [0, 0.1) is 0 Å². The van der Waals surface area contributed by atoms with Gasteiger partial charge in [-0.1, -0.05) is 42.8 Å². The minimum atomic E-state index is -0.173. The molecule has 2 aromatic rings. The summed E-state index contributed by atoms with van der Waals surface area (Å²) in [5, 5.41) is 6.60. The largest absolute Gasteiger partial charge is 0.378 e. The van der Waals surface area contributed by atoms with Gasteiger partial charge in [-0.3, -0.25) is 0 Å². The van der Waals surface area contributed by atoms with Crippen molar-refractivity contribution in [3.8, 4) is 0 Å². The van der Waals surface area contributed by atoms with Crippen LogP contribution in [0.15, 0.2) is 48.5 Å². The smallest absolute Gasteiger partial charge is 0.315 e. The Kier molecular flexibility index (Phi) is 6.50. The summed E-state index contributed by atoms with van der Waals surface area (Å²) in [7, 11) is 4.00. The molecule has 4 nitrogen and oxygen atoms in total. The Balaban J connectivity index is 1.88. The first-order valence-electron chi connectivity index (χ1n) is 8.05. The van der Waals surface area contributed by atoms with Crippen molar-refractivity contribution in [1.29, 1.82) is 0 Å². The molecule has 1 atom stereocenters. The molecular weight excluding hydrogens is 322 g/mol. The highest BCUT2D eigenvalue weighted by Gasteiger charge is 2.12. The molecule has 0 bridgehead atoms. The first-order chi connectivity index (χ1) is 11.5. The Hall–Kier alpha value is -2.20. The predicted molar refractivity (Wildman–Crippen MR) is 101 cm³/mol. The van der Waals surface area contributed by atoms with E-state index in [1.165, 1.54) is 0 Å². The van der Waals surface area contributed by atoms with E-state index < -0.39 is 0 Å². The summed E-state index contributed by atoms with van der Waals surface area (Å²) in [5.74, 6) is 0. The molecule has 2 amide bonds. The van der Waals surface area contributed by atoms with Crippen molar-refractivity contribution in [3.05, 3.63) is 64.7 Å². The Bertz CT molecular complexity index is 653. The van der Waals surface area contributed by atoms with Crippen molar-refractivity contribution in [2.45, 2.75) is 25.9 Å². The molecule has 24 heavy (non-hydrogen) atoms. The lowest BCUT2D eigenvalue weighted by atomic mass is 10.1. The third-order valence-electron chi connectivity index (χ3n) is 3.89. The molecular formula is C19H24ClN3O. The number of rotatable bonds is 6. The number of anilines is 1. The maximum absolute atomic E-state index is 12.1. The summed E-state index contributed by atoms with van der Waals surface area (Å²) < 4.78 is 0. The van der Waals surface area contributed by atoms with E-state index in [1.54, 1.807) is 0 Å². The van der Waals surface area contributed by atoms with E-state index in [0.29, 0.717) is 11.6 Å². The van der Waals surface area contributed by atoms with Gasteiger partial charge >= 0.3 is 6.03 Å². The van der Waals surface area contributed by atoms with Crippen LogP contribution in [0.3, 0.4) is 0 Å². The molecule has 0 spiro atoms. The van der Waals surface area contributed by atoms with Crippen LogP contribution in [0.1, 0.15) is 30.5 Å². The van der Waals surface area contributed by atoms with Crippen LogP contribution in [0.2, 0.25) is 5.02 Å². The van der Waals surface area contributed by atoms with E-state index in [4.69, 9.17) is 11.6 Å². The normalized spacial score (nSPS) is 11.7. The standard InChI is InChI=1S/C19H24ClN3O/c1-4-18(15-7-9-16(20)10-8-15)22-19(24)21-13-14-5-11-17(12-6-14)23(2)3/h5-12,18H,4,13H2,1-3H3,(H2,21,22,24). The number of carbonyl (C=O) groups is 1. The zero-order valence-corrected chi connectivity index (χ0v) is 15.1. The van der Waals surface area contributed by atoms with Gasteiger partial charge in [0, 0.05) is 31.4 Å². The average molecular weight is 346 g/mol. The third-order valence-corrected chi connectivity index (χ3v) is 4.14. The molecule has 0 aliphatic rings. The van der Waals surface area contributed by atoms with Crippen molar-refractivity contribution in [3.63, 3.8) is 0 Å². The summed E-state index contributed by atoms with van der Waals surface area (Å²) in [6.07, 6.45) is 0.812. The molecule has 0 saturated heterocycles. The number of hydrogen-bond donors (Lipinski definition) is 2. The molecule has 0 radical (unpaired) electrons. The average Bonchev–Trinajstić information content (AvgIpc) is 2.59. The van der Waals surface area contributed by atoms with Crippen molar-refractivity contribution in [1.82, 2.24) is 10.6 Å². The van der Waals surface area contributed by atoms with Crippen LogP contribution in [0.5, 0.6) is 0 Å². The van der Waals surface area contributed by atoms with Gasteiger partial charge in [-0.15, -0.1) is 0 Å². The van der Waals surface area contributed by atoms with Gasteiger partial charge in [0.05, 0.1) is 6.04 Å². The van der Waals surface area contributed by atoms with Gasteiger partial charge in [-0.25, -0.2) is 4.79 Å². The van der Waals surface area contributed by atoms with Crippen LogP contribution in [-0.4, -0.2) is 20.1 Å². The monoisotopic (exact) mass is 345 g/mol. The summed E-state index contributed by atoms with van der Waals surface area (Å²) in [6, 6.07) is 15.5. The lowest BCUT2D eigenvalue weighted by molar-refractivity contribution is 0.236. The Morgan fingerprint density at radius 2 is 1.71 bits per heavy atom. The van der Waals surface area contributed by atoms with E-state index in [1.807, 2.05) is 74.4 Å². The van der Waals surface area contributed by atoms with Gasteiger partial charge in [-0.05, 0) is 41.8 Å². The molecule has 5 heteroatoms. The van der Waals surface area contributed by atoms with E-state index >= 15 is 0 Å². The highest BCUT2D eigenvalue weighted by atomic mass is 35.5. The van der Waals surface area contributed by atoms with E-state index in [2.05, 4.69) is 10.6 Å². The lowest BCUT2D eigenvalue weighted by Gasteiger charge is -2.18. The van der Waals surface area contributed by atoms with E-state index in [0.717, 1.165) is 23.2 Å². The van der Waals surface area contributed by atoms with Gasteiger partial charge < -0.3 is 15.5 Å². The Morgan fingerprint density at radius 3 is 2.25 bits per heavy atom. The highest BCUT2D eigenvalue weighted by Crippen LogP contribution is 2.19. The zero-order valence-electron chi connectivity index (χ0n) is 14.3. The molecule has 2 N–H and O–H groups in total. The van der Waals surface area contributed by atoms with Crippen LogP contribution in [0.25, 0.3) is 0 Å². The fraction of sp³-hybridized carbons (Fsp3) is 0.316. The molecule has 0 aliphatic carbocycles. The van der Waals surface area contributed by atoms with Crippen LogP contribution in [-0.2, 0) is 6.54 Å². The summed E-state index contributed by atoms with van der Waals surface area (Å²) >= 11 is 5.91. The molecule has 0 aliphatic heterocycles. The third kappa shape index (κ3) is 5.17. The van der Waals surface area contributed by atoms with Crippen molar-refractivity contribution in [2.24, 2.45) is 0 Å². The van der Waals surface area contributed by atoms with Gasteiger partial charge in [0.1, 0.15) is 0 Å². The fourth-order valence-corrected chi connectivity index (χ4v) is 2.55. The molecule has 1 unspecified atom stereocenters. The minimum absolute atomic E-state index is 0.0293. The number of halogens is 1. The van der Waals surface area contributed by atoms with Crippen molar-refractivity contribution in [2.75, 3.05) is 19.0 Å². The fourth-order valence-electron chi connectivity index (χ4n) is 2.42. The molecule has 128 valence electrons. The summed E-state index contributed by atoms with van der Waals surface area (Å²) in [4.78, 5) is 14.2. The highest BCUT2D eigenvalue weighted by molar-refractivity contribution is 6.30. The summed E-state index contributed by atoms with van der Waals surface area (Å²) in [6.45, 7) is 2.54. The number of nitrogens with zero attached hydrogens (tertiary/aromatic N) is 1. The van der Waals surface area contributed by atoms with Crippen molar-refractivity contribution >= 4 is 23.3 Å². The maximum Gasteiger partial charge on any atom is 0.315 e. The SMILES string of the molecule is CCC(NC(=O)NCc1ccc(N(C)C)cc1)c1ccc(Cl)cc1. The molecule has 2 rings (SSSR count). The van der Waals surface area contributed by atoms with E-state index in [-0.39, 0.29) is 12.1 Å². The van der Waals surface area contributed by atoms with Crippen molar-refractivity contribution < 1.29 is 4.79 Å². The molecule has 2 aromatic carbocycles. The van der Waals surface area contributed by atoms with Gasteiger partial charge in [0.2, 0.25) is 0 Å². The molecule has 0 heterocycles. The number of benzene rings is 2. The first kappa shape index (κ1) is 18.1. The molecule has 0 saturated carbocycles. The van der Waals surface area contributed by atoms with Gasteiger partial charge in [0.25, 0.3) is 0 Å². The second-order valence-corrected chi connectivity index (χ2v) is 6.34. The van der Waals surface area contributed by atoms with Crippen LogP contribution >= 0.6 is 11.6 Å². The number of amides is 2. The van der Waals surface area contributed by atoms with Crippen LogP contribution < -0.4 is 15.5 Å².